The Morgan fingerprint density at radius 2 is 0.759 bits per heavy atom. The number of hydrogen-bond acceptors (Lipinski definition) is 6. The average Bonchev–Trinajstić information content (AvgIpc) is 3.17. The summed E-state index contributed by atoms with van der Waals surface area (Å²) >= 11 is 0. The van der Waals surface area contributed by atoms with E-state index in [-0.39, 0.29) is 44.0 Å². The molecule has 0 aliphatic rings. The van der Waals surface area contributed by atoms with Crippen LogP contribution in [0.15, 0.2) is 60.8 Å². The van der Waals surface area contributed by atoms with Gasteiger partial charge in [0.05, 0.1) is 0 Å². The largest absolute Gasteiger partial charge is 0.462 e. The van der Waals surface area contributed by atoms with Gasteiger partial charge in [0.15, 0.2) is 6.10 Å². The highest BCUT2D eigenvalue weighted by Crippen LogP contribution is 2.13. The van der Waals surface area contributed by atoms with Gasteiger partial charge in [0.25, 0.3) is 0 Å². The highest BCUT2D eigenvalue weighted by molar-refractivity contribution is 5.71. The summed E-state index contributed by atoms with van der Waals surface area (Å²) in [4.78, 5) is 37.6. The molecular formula is C48H82O6. The van der Waals surface area contributed by atoms with Crippen LogP contribution >= 0.6 is 0 Å². The molecule has 0 aromatic heterocycles. The molecule has 0 aromatic rings. The fourth-order valence-corrected chi connectivity index (χ4v) is 5.92. The Labute approximate surface area is 332 Å². The van der Waals surface area contributed by atoms with Crippen LogP contribution in [0.25, 0.3) is 0 Å². The Bertz CT molecular complexity index is 1010. The molecule has 0 aliphatic carbocycles. The van der Waals surface area contributed by atoms with Crippen LogP contribution in [-0.4, -0.2) is 37.2 Å². The van der Waals surface area contributed by atoms with Crippen LogP contribution in [-0.2, 0) is 28.6 Å². The van der Waals surface area contributed by atoms with Crippen molar-refractivity contribution in [3.05, 3.63) is 60.8 Å². The van der Waals surface area contributed by atoms with Crippen molar-refractivity contribution >= 4 is 17.9 Å². The van der Waals surface area contributed by atoms with Gasteiger partial charge in [-0.2, -0.15) is 0 Å². The van der Waals surface area contributed by atoms with Crippen molar-refractivity contribution in [1.82, 2.24) is 0 Å². The zero-order chi connectivity index (χ0) is 39.4. The minimum absolute atomic E-state index is 0.106. The second kappa shape index (κ2) is 42.8. The predicted molar refractivity (Wildman–Crippen MR) is 228 cm³/mol. The first-order valence-corrected chi connectivity index (χ1v) is 22.3. The molecule has 0 saturated heterocycles. The van der Waals surface area contributed by atoms with Crippen molar-refractivity contribution in [2.45, 2.75) is 213 Å². The van der Waals surface area contributed by atoms with Gasteiger partial charge in [0, 0.05) is 19.3 Å². The lowest BCUT2D eigenvalue weighted by Crippen LogP contribution is -2.30. The molecule has 6 nitrogen and oxygen atoms in total. The van der Waals surface area contributed by atoms with Crippen LogP contribution in [0.4, 0.5) is 0 Å². The molecule has 310 valence electrons. The van der Waals surface area contributed by atoms with Gasteiger partial charge in [-0.3, -0.25) is 14.4 Å². The number of ether oxygens (including phenoxy) is 3. The van der Waals surface area contributed by atoms with Crippen molar-refractivity contribution in [3.63, 3.8) is 0 Å². The number of hydrogen-bond donors (Lipinski definition) is 0. The quantitative estimate of drug-likeness (QED) is 0.0269. The monoisotopic (exact) mass is 755 g/mol. The topological polar surface area (TPSA) is 78.9 Å². The van der Waals surface area contributed by atoms with Gasteiger partial charge >= 0.3 is 17.9 Å². The van der Waals surface area contributed by atoms with E-state index in [9.17, 15) is 14.4 Å². The third kappa shape index (κ3) is 40.3. The third-order valence-corrected chi connectivity index (χ3v) is 9.27. The number of esters is 3. The van der Waals surface area contributed by atoms with E-state index in [1.807, 2.05) is 6.08 Å². The van der Waals surface area contributed by atoms with Gasteiger partial charge in [-0.15, -0.1) is 0 Å². The average molecular weight is 755 g/mol. The van der Waals surface area contributed by atoms with Crippen molar-refractivity contribution in [2.24, 2.45) is 0 Å². The summed E-state index contributed by atoms with van der Waals surface area (Å²) in [7, 11) is 0. The maximum absolute atomic E-state index is 12.7. The highest BCUT2D eigenvalue weighted by atomic mass is 16.6. The Morgan fingerprint density at radius 1 is 0.389 bits per heavy atom. The fraction of sp³-hybridized carbons (Fsp3) is 0.729. The van der Waals surface area contributed by atoms with Gasteiger partial charge in [-0.25, -0.2) is 0 Å². The highest BCUT2D eigenvalue weighted by Gasteiger charge is 2.19. The van der Waals surface area contributed by atoms with Crippen molar-refractivity contribution < 1.29 is 28.6 Å². The normalized spacial score (nSPS) is 12.6. The smallest absolute Gasteiger partial charge is 0.306 e. The van der Waals surface area contributed by atoms with Crippen LogP contribution in [0.2, 0.25) is 0 Å². The van der Waals surface area contributed by atoms with Crippen LogP contribution in [0.5, 0.6) is 0 Å². The summed E-state index contributed by atoms with van der Waals surface area (Å²) in [6, 6.07) is 0. The van der Waals surface area contributed by atoms with E-state index in [2.05, 4.69) is 75.5 Å². The van der Waals surface area contributed by atoms with Crippen LogP contribution in [0, 0.1) is 0 Å². The molecule has 0 bridgehead atoms. The number of allylic oxidation sites excluding steroid dienone is 10. The molecule has 1 unspecified atom stereocenters. The second-order valence-electron chi connectivity index (χ2n) is 14.6. The summed E-state index contributed by atoms with van der Waals surface area (Å²) in [6.07, 6.45) is 50.8. The first-order chi connectivity index (χ1) is 26.5. The lowest BCUT2D eigenvalue weighted by Gasteiger charge is -2.18. The number of carbonyl (C=O) groups is 3. The lowest BCUT2D eigenvalue weighted by atomic mass is 10.1. The van der Waals surface area contributed by atoms with Gasteiger partial charge in [-0.1, -0.05) is 178 Å². The molecule has 0 saturated carbocycles. The number of rotatable bonds is 39. The summed E-state index contributed by atoms with van der Waals surface area (Å²) in [6.45, 7) is 6.40. The van der Waals surface area contributed by atoms with E-state index in [1.165, 1.54) is 89.9 Å². The van der Waals surface area contributed by atoms with Gasteiger partial charge in [0.2, 0.25) is 0 Å². The standard InChI is InChI=1S/C48H82O6/c1-4-7-10-13-16-19-22-24-27-29-32-35-38-41-47(50)53-44-45(43-52-46(49)40-37-34-31-28-25-21-18-15-12-9-6-3)54-48(51)42-39-36-33-30-26-23-20-17-14-11-8-5-2/h8,11,17,20,24,26-27,30,32,35,45H,4-7,9-10,12-16,18-19,21-23,25,28-29,31,33-34,36-44H2,1-3H3/b11-8-,20-17-,27-24-,30-26-,35-32-. The molecule has 0 amide bonds. The van der Waals surface area contributed by atoms with Gasteiger partial charge < -0.3 is 14.2 Å². The van der Waals surface area contributed by atoms with E-state index < -0.39 is 6.10 Å². The van der Waals surface area contributed by atoms with Gasteiger partial charge in [0.1, 0.15) is 13.2 Å². The second-order valence-corrected chi connectivity index (χ2v) is 14.6. The third-order valence-electron chi connectivity index (χ3n) is 9.27. The van der Waals surface area contributed by atoms with E-state index in [1.54, 1.807) is 0 Å². The SMILES string of the molecule is CC/C=C\C/C=C\C/C=C\CCCCC(=O)OC(COC(=O)CC/C=C\C/C=C\CCCCCCCC)COC(=O)CCCCCCCCCCCCC. The Kier molecular flexibility index (Phi) is 40.6. The molecule has 1 atom stereocenters. The fourth-order valence-electron chi connectivity index (χ4n) is 5.92. The van der Waals surface area contributed by atoms with Crippen molar-refractivity contribution in [3.8, 4) is 0 Å². The predicted octanol–water partition coefficient (Wildman–Crippen LogP) is 14.1. The lowest BCUT2D eigenvalue weighted by molar-refractivity contribution is -0.166. The number of carbonyl (C=O) groups excluding carboxylic acids is 3. The van der Waals surface area contributed by atoms with Crippen molar-refractivity contribution in [2.75, 3.05) is 13.2 Å². The molecule has 0 heterocycles. The van der Waals surface area contributed by atoms with E-state index in [0.717, 1.165) is 64.2 Å². The first kappa shape index (κ1) is 51.1. The molecule has 0 rings (SSSR count). The molecule has 54 heavy (non-hydrogen) atoms. The molecular weight excluding hydrogens is 673 g/mol. The minimum atomic E-state index is -0.811. The summed E-state index contributed by atoms with van der Waals surface area (Å²) in [5, 5.41) is 0. The van der Waals surface area contributed by atoms with Crippen molar-refractivity contribution in [1.29, 1.82) is 0 Å². The first-order valence-electron chi connectivity index (χ1n) is 22.3. The summed E-state index contributed by atoms with van der Waals surface area (Å²) in [5.74, 6) is -1.02. The van der Waals surface area contributed by atoms with E-state index in [4.69, 9.17) is 14.2 Å². The van der Waals surface area contributed by atoms with Gasteiger partial charge in [-0.05, 0) is 70.6 Å². The minimum Gasteiger partial charge on any atom is -0.462 e. The van der Waals surface area contributed by atoms with E-state index in [0.29, 0.717) is 19.3 Å². The summed E-state index contributed by atoms with van der Waals surface area (Å²) < 4.78 is 16.6. The maximum atomic E-state index is 12.7. The Hall–Kier alpha value is -2.89. The van der Waals surface area contributed by atoms with Crippen LogP contribution in [0.1, 0.15) is 207 Å². The van der Waals surface area contributed by atoms with Crippen LogP contribution < -0.4 is 0 Å². The molecule has 0 aromatic carbocycles. The summed E-state index contributed by atoms with van der Waals surface area (Å²) in [5.41, 5.74) is 0. The maximum Gasteiger partial charge on any atom is 0.306 e. The molecule has 0 aliphatic heterocycles. The Morgan fingerprint density at radius 3 is 1.28 bits per heavy atom. The molecule has 0 radical (unpaired) electrons. The van der Waals surface area contributed by atoms with Crippen LogP contribution in [0.3, 0.4) is 0 Å². The number of unbranched alkanes of at least 4 members (excludes halogenated alkanes) is 18. The molecule has 0 spiro atoms. The van der Waals surface area contributed by atoms with E-state index >= 15 is 0 Å². The Balaban J connectivity index is 4.51. The molecule has 0 N–H and O–H groups in total. The molecule has 0 fully saturated rings. The molecule has 6 heteroatoms. The zero-order valence-corrected chi connectivity index (χ0v) is 35.2. The zero-order valence-electron chi connectivity index (χ0n) is 35.2.